The number of rotatable bonds is 2. The maximum atomic E-state index is 6.19. The molecule has 1 nitrogen and oxygen atoms in total. The van der Waals surface area contributed by atoms with E-state index in [1.165, 1.54) is 65.5 Å². The quantitative estimate of drug-likeness (QED) is 0.228. The van der Waals surface area contributed by atoms with Gasteiger partial charge in [0, 0.05) is 10.9 Å². The van der Waals surface area contributed by atoms with Gasteiger partial charge in [0.2, 0.25) is 0 Å². The van der Waals surface area contributed by atoms with Crippen molar-refractivity contribution in [2.24, 2.45) is 0 Å². The molecule has 0 aliphatic heterocycles. The van der Waals surface area contributed by atoms with Crippen LogP contribution in [0.4, 0.5) is 0 Å². The number of furan rings is 1. The van der Waals surface area contributed by atoms with Gasteiger partial charge < -0.3 is 4.42 Å². The van der Waals surface area contributed by atoms with E-state index in [-0.39, 0.29) is 0 Å². The van der Waals surface area contributed by atoms with Crippen molar-refractivity contribution >= 4 is 49.4 Å². The summed E-state index contributed by atoms with van der Waals surface area (Å²) in [6, 6.07) is 39.9. The zero-order valence-electron chi connectivity index (χ0n) is 20.4. The molecule has 7 aromatic rings. The summed E-state index contributed by atoms with van der Waals surface area (Å²) >= 11 is 0. The highest BCUT2D eigenvalue weighted by atomic mass is 16.3. The lowest BCUT2D eigenvalue weighted by Crippen LogP contribution is -1.92. The molecule has 0 spiro atoms. The van der Waals surface area contributed by atoms with Crippen LogP contribution >= 0.6 is 0 Å². The minimum Gasteiger partial charge on any atom is -0.456 e. The molecule has 0 N–H and O–H groups in total. The summed E-state index contributed by atoms with van der Waals surface area (Å²) in [6.45, 7) is 0. The van der Waals surface area contributed by atoms with Gasteiger partial charge in [-0.3, -0.25) is 0 Å². The summed E-state index contributed by atoms with van der Waals surface area (Å²) in [7, 11) is 0. The maximum Gasteiger partial charge on any atom is 0.135 e. The first-order valence-corrected chi connectivity index (χ1v) is 13.0. The van der Waals surface area contributed by atoms with Crippen LogP contribution in [-0.4, -0.2) is 0 Å². The second-order valence-electron chi connectivity index (χ2n) is 9.96. The van der Waals surface area contributed by atoms with Crippen molar-refractivity contribution in [2.45, 2.75) is 12.8 Å². The molecular weight excluding hydrogens is 448 g/mol. The zero-order chi connectivity index (χ0) is 24.3. The standard InChI is InChI=1S/C36H24O/c1-2-12-25-23(10-1)11-9-18-27(25)36-30-16-5-3-14-28(30)35(29-15-4-6-17-31(29)36)24-20-21-34-32(22-24)26-13-7-8-19-33(26)37-34/h1-6,8-12,14-22H,7,13H2. The van der Waals surface area contributed by atoms with Gasteiger partial charge >= 0.3 is 0 Å². The highest BCUT2D eigenvalue weighted by Crippen LogP contribution is 2.46. The van der Waals surface area contributed by atoms with E-state index in [4.69, 9.17) is 4.42 Å². The van der Waals surface area contributed by atoms with E-state index in [1.807, 2.05) is 0 Å². The van der Waals surface area contributed by atoms with Gasteiger partial charge in [0.25, 0.3) is 0 Å². The van der Waals surface area contributed by atoms with Crippen LogP contribution in [-0.2, 0) is 6.42 Å². The Labute approximate surface area is 215 Å². The SMILES string of the molecule is C1=Cc2oc3ccc(-c4c5ccccc5c(-c5cccc6ccccc56)c5ccccc45)cc3c2CC1. The van der Waals surface area contributed by atoms with Gasteiger partial charge in [-0.05, 0) is 85.6 Å². The molecule has 8 rings (SSSR count). The largest absolute Gasteiger partial charge is 0.456 e. The fourth-order valence-electron chi connectivity index (χ4n) is 6.31. The van der Waals surface area contributed by atoms with Crippen molar-refractivity contribution in [3.63, 3.8) is 0 Å². The number of fused-ring (bicyclic) bond motifs is 6. The number of benzene rings is 6. The fourth-order valence-corrected chi connectivity index (χ4v) is 6.31. The Kier molecular flexibility index (Phi) is 4.41. The lowest BCUT2D eigenvalue weighted by atomic mass is 9.84. The minimum absolute atomic E-state index is 0.973. The molecule has 0 radical (unpaired) electrons. The average Bonchev–Trinajstić information content (AvgIpc) is 3.33. The van der Waals surface area contributed by atoms with Crippen LogP contribution in [0.2, 0.25) is 0 Å². The van der Waals surface area contributed by atoms with Gasteiger partial charge in [-0.2, -0.15) is 0 Å². The molecule has 1 heterocycles. The third kappa shape index (κ3) is 3.04. The normalized spacial score (nSPS) is 13.1. The van der Waals surface area contributed by atoms with Crippen LogP contribution in [0.15, 0.2) is 120 Å². The van der Waals surface area contributed by atoms with E-state index in [0.29, 0.717) is 0 Å². The van der Waals surface area contributed by atoms with Gasteiger partial charge in [0.1, 0.15) is 11.3 Å². The Balaban J connectivity index is 1.50. The van der Waals surface area contributed by atoms with Gasteiger partial charge in [-0.25, -0.2) is 0 Å². The topological polar surface area (TPSA) is 13.1 Å². The van der Waals surface area contributed by atoms with E-state index in [2.05, 4.69) is 121 Å². The van der Waals surface area contributed by atoms with Crippen LogP contribution in [0.25, 0.3) is 71.6 Å². The molecule has 1 aromatic heterocycles. The van der Waals surface area contributed by atoms with Crippen molar-refractivity contribution in [3.05, 3.63) is 127 Å². The van der Waals surface area contributed by atoms with Crippen LogP contribution in [0, 0.1) is 0 Å². The summed E-state index contributed by atoms with van der Waals surface area (Å²) in [6.07, 6.45) is 6.43. The van der Waals surface area contributed by atoms with Crippen LogP contribution in [0.5, 0.6) is 0 Å². The van der Waals surface area contributed by atoms with Gasteiger partial charge in [0.05, 0.1) is 0 Å². The number of allylic oxidation sites excluding steroid dienone is 1. The van der Waals surface area contributed by atoms with Crippen LogP contribution < -0.4 is 0 Å². The molecule has 1 aliphatic carbocycles. The molecule has 37 heavy (non-hydrogen) atoms. The van der Waals surface area contributed by atoms with Crippen molar-refractivity contribution in [1.29, 1.82) is 0 Å². The summed E-state index contributed by atoms with van der Waals surface area (Å²) < 4.78 is 6.19. The van der Waals surface area contributed by atoms with E-state index in [1.54, 1.807) is 0 Å². The molecule has 0 saturated heterocycles. The highest BCUT2D eigenvalue weighted by Gasteiger charge is 2.20. The van der Waals surface area contributed by atoms with Gasteiger partial charge in [-0.15, -0.1) is 0 Å². The lowest BCUT2D eigenvalue weighted by Gasteiger charge is -2.19. The molecule has 0 bridgehead atoms. The average molecular weight is 473 g/mol. The first-order chi connectivity index (χ1) is 18.4. The number of hydrogen-bond donors (Lipinski definition) is 0. The first-order valence-electron chi connectivity index (χ1n) is 13.0. The molecule has 0 atom stereocenters. The third-order valence-corrected chi connectivity index (χ3v) is 7.93. The number of hydrogen-bond acceptors (Lipinski definition) is 1. The Morgan fingerprint density at radius 1 is 0.541 bits per heavy atom. The predicted octanol–water partition coefficient (Wildman–Crippen LogP) is 10.2. The first kappa shape index (κ1) is 20.6. The van der Waals surface area contributed by atoms with Crippen LogP contribution in [0.1, 0.15) is 17.7 Å². The Morgan fingerprint density at radius 3 is 1.95 bits per heavy atom. The van der Waals surface area contributed by atoms with Crippen molar-refractivity contribution in [2.75, 3.05) is 0 Å². The molecule has 0 amide bonds. The summed E-state index contributed by atoms with van der Waals surface area (Å²) in [5.74, 6) is 1.01. The van der Waals surface area contributed by atoms with Crippen molar-refractivity contribution in [3.8, 4) is 22.3 Å². The van der Waals surface area contributed by atoms with Gasteiger partial charge in [-0.1, -0.05) is 103 Å². The third-order valence-electron chi connectivity index (χ3n) is 7.93. The van der Waals surface area contributed by atoms with Crippen molar-refractivity contribution in [1.82, 2.24) is 0 Å². The summed E-state index contributed by atoms with van der Waals surface area (Å²) in [5.41, 5.74) is 7.42. The van der Waals surface area contributed by atoms with Gasteiger partial charge in [0.15, 0.2) is 0 Å². The predicted molar refractivity (Wildman–Crippen MR) is 157 cm³/mol. The summed E-state index contributed by atoms with van der Waals surface area (Å²) in [4.78, 5) is 0. The smallest absolute Gasteiger partial charge is 0.135 e. The minimum atomic E-state index is 0.973. The zero-order valence-corrected chi connectivity index (χ0v) is 20.4. The number of aryl methyl sites for hydroxylation is 1. The van der Waals surface area contributed by atoms with E-state index < -0.39 is 0 Å². The fraction of sp³-hybridized carbons (Fsp3) is 0.0556. The van der Waals surface area contributed by atoms with Crippen molar-refractivity contribution < 1.29 is 4.42 Å². The second kappa shape index (κ2) is 7.94. The maximum absolute atomic E-state index is 6.19. The monoisotopic (exact) mass is 472 g/mol. The molecule has 174 valence electrons. The molecule has 0 saturated carbocycles. The van der Waals surface area contributed by atoms with E-state index in [9.17, 15) is 0 Å². The Morgan fingerprint density at radius 2 is 1.19 bits per heavy atom. The Bertz CT molecular complexity index is 1970. The summed E-state index contributed by atoms with van der Waals surface area (Å²) in [5, 5.41) is 8.91. The molecule has 1 aliphatic rings. The molecule has 0 unspecified atom stereocenters. The Hall–Kier alpha value is -4.62. The molecule has 0 fully saturated rings. The molecular formula is C36H24O. The molecule has 6 aromatic carbocycles. The van der Waals surface area contributed by atoms with Crippen LogP contribution in [0.3, 0.4) is 0 Å². The highest BCUT2D eigenvalue weighted by molar-refractivity contribution is 6.23. The van der Waals surface area contributed by atoms with E-state index >= 15 is 0 Å². The van der Waals surface area contributed by atoms with E-state index in [0.717, 1.165) is 24.2 Å². The second-order valence-corrected chi connectivity index (χ2v) is 9.96. The lowest BCUT2D eigenvalue weighted by molar-refractivity contribution is 0.595. The molecule has 1 heteroatoms.